The third-order valence-electron chi connectivity index (χ3n) is 3.87. The second-order valence-corrected chi connectivity index (χ2v) is 5.65. The molecule has 2 rings (SSSR count). The number of ketones is 1. The molecule has 1 unspecified atom stereocenters. The van der Waals surface area contributed by atoms with Crippen LogP contribution in [0.1, 0.15) is 57.5 Å². The Morgan fingerprint density at radius 1 is 1.38 bits per heavy atom. The van der Waals surface area contributed by atoms with Gasteiger partial charge in [0.1, 0.15) is 11.6 Å². The number of carbonyl (C=O) groups is 1. The monoisotopic (exact) mass is 287 g/mol. The molecule has 0 aliphatic heterocycles. The fourth-order valence-corrected chi connectivity index (χ4v) is 2.64. The van der Waals surface area contributed by atoms with Crippen molar-refractivity contribution in [2.75, 3.05) is 0 Å². The Balaban J connectivity index is 2.47. The van der Waals surface area contributed by atoms with Crippen molar-refractivity contribution >= 4 is 16.8 Å². The van der Waals surface area contributed by atoms with E-state index in [4.69, 9.17) is 10.7 Å². The van der Waals surface area contributed by atoms with E-state index in [0.29, 0.717) is 13.0 Å². The minimum atomic E-state index is -0.0700. The van der Waals surface area contributed by atoms with Gasteiger partial charge in [-0.3, -0.25) is 4.79 Å². The zero-order chi connectivity index (χ0) is 15.4. The van der Waals surface area contributed by atoms with E-state index in [-0.39, 0.29) is 11.8 Å². The van der Waals surface area contributed by atoms with Crippen LogP contribution < -0.4 is 5.73 Å². The molecule has 0 fully saturated rings. The number of Topliss-reactive ketones (excluding diaryl/α,β-unsaturated/α-hetero) is 1. The molecular formula is C17H25N3O. The van der Waals surface area contributed by atoms with Crippen molar-refractivity contribution in [3.63, 3.8) is 0 Å². The van der Waals surface area contributed by atoms with Crippen molar-refractivity contribution in [1.29, 1.82) is 0 Å². The standard InChI is InChI=1S/C17H25N3O/c1-4-6-14(18)17-19-15-11-13(5-2)7-8-16(15)20(17)10-9-12(3)21/h7-8,11,14H,4-6,9-10,18H2,1-3H3. The van der Waals surface area contributed by atoms with Crippen LogP contribution in [0.5, 0.6) is 0 Å². The average molecular weight is 287 g/mol. The topological polar surface area (TPSA) is 60.9 Å². The van der Waals surface area contributed by atoms with E-state index in [1.165, 1.54) is 5.56 Å². The molecule has 4 nitrogen and oxygen atoms in total. The van der Waals surface area contributed by atoms with Gasteiger partial charge in [-0.2, -0.15) is 0 Å². The summed E-state index contributed by atoms with van der Waals surface area (Å²) in [4.78, 5) is 16.1. The molecule has 2 aromatic rings. The van der Waals surface area contributed by atoms with E-state index in [9.17, 15) is 4.79 Å². The highest BCUT2D eigenvalue weighted by atomic mass is 16.1. The molecule has 114 valence electrons. The Kier molecular flexibility index (Phi) is 5.12. The molecule has 1 aromatic carbocycles. The average Bonchev–Trinajstić information content (AvgIpc) is 2.82. The number of rotatable bonds is 7. The van der Waals surface area contributed by atoms with Gasteiger partial charge in [-0.15, -0.1) is 0 Å². The second kappa shape index (κ2) is 6.85. The maximum Gasteiger partial charge on any atom is 0.131 e. The molecule has 0 radical (unpaired) electrons. The van der Waals surface area contributed by atoms with Crippen molar-refractivity contribution in [2.24, 2.45) is 5.73 Å². The zero-order valence-corrected chi connectivity index (χ0v) is 13.2. The molecule has 1 aromatic heterocycles. The Morgan fingerprint density at radius 2 is 2.14 bits per heavy atom. The van der Waals surface area contributed by atoms with E-state index >= 15 is 0 Å². The summed E-state index contributed by atoms with van der Waals surface area (Å²) in [5.74, 6) is 1.10. The fraction of sp³-hybridized carbons (Fsp3) is 0.529. The Labute approximate surface area is 126 Å². The predicted molar refractivity (Wildman–Crippen MR) is 86.2 cm³/mol. The highest BCUT2D eigenvalue weighted by molar-refractivity contribution is 5.78. The van der Waals surface area contributed by atoms with E-state index in [0.717, 1.165) is 36.1 Å². The van der Waals surface area contributed by atoms with Crippen LogP contribution in [-0.2, 0) is 17.8 Å². The summed E-state index contributed by atoms with van der Waals surface area (Å²) in [6.45, 7) is 6.54. The third kappa shape index (κ3) is 3.50. The Morgan fingerprint density at radius 3 is 2.76 bits per heavy atom. The molecule has 0 saturated carbocycles. The fourth-order valence-electron chi connectivity index (χ4n) is 2.64. The maximum absolute atomic E-state index is 11.3. The molecule has 4 heteroatoms. The van der Waals surface area contributed by atoms with E-state index in [1.807, 2.05) is 0 Å². The highest BCUT2D eigenvalue weighted by Crippen LogP contribution is 2.24. The van der Waals surface area contributed by atoms with Gasteiger partial charge in [0.25, 0.3) is 0 Å². The number of imidazole rings is 1. The van der Waals surface area contributed by atoms with E-state index in [1.54, 1.807) is 6.92 Å². The largest absolute Gasteiger partial charge is 0.326 e. The number of aryl methyl sites for hydroxylation is 2. The van der Waals surface area contributed by atoms with Crippen molar-refractivity contribution in [2.45, 2.75) is 59.0 Å². The molecule has 0 aliphatic rings. The number of nitrogens with two attached hydrogens (primary N) is 1. The van der Waals surface area contributed by atoms with Crippen LogP contribution in [0.15, 0.2) is 18.2 Å². The summed E-state index contributed by atoms with van der Waals surface area (Å²) >= 11 is 0. The maximum atomic E-state index is 11.3. The molecule has 0 saturated heterocycles. The lowest BCUT2D eigenvalue weighted by atomic mass is 10.1. The van der Waals surface area contributed by atoms with Crippen molar-refractivity contribution in [3.05, 3.63) is 29.6 Å². The Hall–Kier alpha value is -1.68. The van der Waals surface area contributed by atoms with Crippen LogP contribution in [0.3, 0.4) is 0 Å². The molecule has 1 heterocycles. The minimum Gasteiger partial charge on any atom is -0.326 e. The lowest BCUT2D eigenvalue weighted by molar-refractivity contribution is -0.117. The zero-order valence-electron chi connectivity index (χ0n) is 13.2. The number of benzene rings is 1. The number of carbonyl (C=O) groups excluding carboxylic acids is 1. The molecule has 0 amide bonds. The summed E-state index contributed by atoms with van der Waals surface area (Å²) in [5, 5.41) is 0. The van der Waals surface area contributed by atoms with Gasteiger partial charge in [-0.1, -0.05) is 26.3 Å². The van der Waals surface area contributed by atoms with E-state index < -0.39 is 0 Å². The van der Waals surface area contributed by atoms with Gasteiger partial charge in [0.15, 0.2) is 0 Å². The lowest BCUT2D eigenvalue weighted by Gasteiger charge is -2.13. The third-order valence-corrected chi connectivity index (χ3v) is 3.87. The summed E-state index contributed by atoms with van der Waals surface area (Å²) in [7, 11) is 0. The van der Waals surface area contributed by atoms with Crippen LogP contribution in [0.4, 0.5) is 0 Å². The van der Waals surface area contributed by atoms with Gasteiger partial charge in [0.05, 0.1) is 17.1 Å². The molecule has 21 heavy (non-hydrogen) atoms. The van der Waals surface area contributed by atoms with Gasteiger partial charge >= 0.3 is 0 Å². The number of hydrogen-bond donors (Lipinski definition) is 1. The molecular weight excluding hydrogens is 262 g/mol. The summed E-state index contributed by atoms with van der Waals surface area (Å²) in [5.41, 5.74) is 9.62. The highest BCUT2D eigenvalue weighted by Gasteiger charge is 2.17. The van der Waals surface area contributed by atoms with Crippen molar-refractivity contribution in [1.82, 2.24) is 9.55 Å². The first-order chi connectivity index (χ1) is 10.1. The summed E-state index contributed by atoms with van der Waals surface area (Å²) in [6.07, 6.45) is 3.45. The quantitative estimate of drug-likeness (QED) is 0.849. The van der Waals surface area contributed by atoms with Gasteiger partial charge in [0, 0.05) is 13.0 Å². The van der Waals surface area contributed by atoms with Crippen LogP contribution >= 0.6 is 0 Å². The summed E-state index contributed by atoms with van der Waals surface area (Å²) in [6, 6.07) is 6.29. The van der Waals surface area contributed by atoms with Gasteiger partial charge in [0.2, 0.25) is 0 Å². The molecule has 0 bridgehead atoms. The lowest BCUT2D eigenvalue weighted by Crippen LogP contribution is -2.17. The van der Waals surface area contributed by atoms with Crippen LogP contribution in [-0.4, -0.2) is 15.3 Å². The molecule has 2 N–H and O–H groups in total. The predicted octanol–water partition coefficient (Wildman–Crippen LogP) is 3.38. The van der Waals surface area contributed by atoms with Gasteiger partial charge in [-0.25, -0.2) is 4.98 Å². The smallest absolute Gasteiger partial charge is 0.131 e. The molecule has 0 spiro atoms. The van der Waals surface area contributed by atoms with E-state index in [2.05, 4.69) is 36.6 Å². The first-order valence-corrected chi connectivity index (χ1v) is 7.80. The number of nitrogens with zero attached hydrogens (tertiary/aromatic N) is 2. The number of fused-ring (bicyclic) bond motifs is 1. The van der Waals surface area contributed by atoms with Gasteiger partial charge < -0.3 is 10.3 Å². The van der Waals surface area contributed by atoms with Crippen molar-refractivity contribution < 1.29 is 4.79 Å². The number of aromatic nitrogens is 2. The van der Waals surface area contributed by atoms with Gasteiger partial charge in [-0.05, 0) is 37.5 Å². The Bertz CT molecular complexity index is 630. The first kappa shape index (κ1) is 15.7. The van der Waals surface area contributed by atoms with Crippen LogP contribution in [0.25, 0.3) is 11.0 Å². The normalized spacial score (nSPS) is 12.8. The SMILES string of the molecule is CCCC(N)c1nc2cc(CC)ccc2n1CCC(C)=O. The molecule has 1 atom stereocenters. The van der Waals surface area contributed by atoms with Crippen molar-refractivity contribution in [3.8, 4) is 0 Å². The molecule has 0 aliphatic carbocycles. The summed E-state index contributed by atoms with van der Waals surface area (Å²) < 4.78 is 2.12. The van der Waals surface area contributed by atoms with Crippen LogP contribution in [0.2, 0.25) is 0 Å². The first-order valence-electron chi connectivity index (χ1n) is 7.80. The van der Waals surface area contributed by atoms with Crippen LogP contribution in [0, 0.1) is 0 Å². The number of hydrogen-bond acceptors (Lipinski definition) is 3. The second-order valence-electron chi connectivity index (χ2n) is 5.65. The minimum absolute atomic E-state index is 0.0700.